The molecule has 0 saturated carbocycles. The lowest BCUT2D eigenvalue weighted by molar-refractivity contribution is 0.0993. The maximum absolute atomic E-state index is 11.7. The predicted molar refractivity (Wildman–Crippen MR) is 82.9 cm³/mol. The second kappa shape index (κ2) is 6.53. The van der Waals surface area contributed by atoms with Crippen LogP contribution < -0.4 is 11.3 Å². The summed E-state index contributed by atoms with van der Waals surface area (Å²) in [6.45, 7) is 0.330. The number of carbonyl (C=O) groups excluding carboxylic acids is 1. The number of hydrogen-bond acceptors (Lipinski definition) is 7. The number of rotatable bonds is 6. The van der Waals surface area contributed by atoms with Crippen molar-refractivity contribution < 1.29 is 9.32 Å². The summed E-state index contributed by atoms with van der Waals surface area (Å²) in [6.07, 6.45) is 1.08. The Morgan fingerprint density at radius 1 is 1.35 bits per heavy atom. The van der Waals surface area contributed by atoms with Crippen LogP contribution in [-0.4, -0.2) is 25.8 Å². The first kappa shape index (κ1) is 15.1. The van der Waals surface area contributed by atoms with Crippen molar-refractivity contribution >= 4 is 17.2 Å². The number of amides is 1. The average Bonchev–Trinajstić information content (AvgIpc) is 3.19. The summed E-state index contributed by atoms with van der Waals surface area (Å²) in [5.74, 6) is 0.379. The molecule has 0 saturated heterocycles. The minimum absolute atomic E-state index is 0.0578. The van der Waals surface area contributed by atoms with Gasteiger partial charge in [-0.3, -0.25) is 9.59 Å². The number of primary amides is 1. The molecule has 2 N–H and O–H groups in total. The van der Waals surface area contributed by atoms with Gasteiger partial charge >= 0.3 is 0 Å². The Kier molecular flexibility index (Phi) is 4.29. The monoisotopic (exact) mass is 331 g/mol. The van der Waals surface area contributed by atoms with Crippen LogP contribution in [0.2, 0.25) is 0 Å². The van der Waals surface area contributed by atoms with Crippen molar-refractivity contribution in [3.63, 3.8) is 0 Å². The lowest BCUT2D eigenvalue weighted by atomic mass is 10.3. The quantitative estimate of drug-likeness (QED) is 0.722. The molecule has 3 aromatic rings. The molecule has 118 valence electrons. The van der Waals surface area contributed by atoms with Crippen molar-refractivity contribution in [2.24, 2.45) is 5.73 Å². The number of hydrogen-bond donors (Lipinski definition) is 1. The van der Waals surface area contributed by atoms with Gasteiger partial charge in [-0.2, -0.15) is 10.1 Å². The number of nitrogens with zero attached hydrogens (tertiary/aromatic N) is 4. The summed E-state index contributed by atoms with van der Waals surface area (Å²) >= 11 is 1.53. The summed E-state index contributed by atoms with van der Waals surface area (Å²) in [4.78, 5) is 28.0. The van der Waals surface area contributed by atoms with E-state index < -0.39 is 5.91 Å². The van der Waals surface area contributed by atoms with Gasteiger partial charge in [0, 0.05) is 19.0 Å². The van der Waals surface area contributed by atoms with Gasteiger partial charge in [-0.15, -0.1) is 11.3 Å². The molecule has 3 heterocycles. The van der Waals surface area contributed by atoms with Gasteiger partial charge in [-0.25, -0.2) is 4.68 Å². The van der Waals surface area contributed by atoms with Gasteiger partial charge in [0.2, 0.25) is 11.7 Å². The maximum Gasteiger partial charge on any atom is 0.269 e. The van der Waals surface area contributed by atoms with Gasteiger partial charge in [0.1, 0.15) is 5.69 Å². The van der Waals surface area contributed by atoms with Crippen LogP contribution in [0.15, 0.2) is 39.0 Å². The number of aromatic nitrogens is 4. The van der Waals surface area contributed by atoms with Gasteiger partial charge in [0.25, 0.3) is 11.5 Å². The van der Waals surface area contributed by atoms with Crippen molar-refractivity contribution in [1.29, 1.82) is 0 Å². The molecule has 0 aliphatic rings. The first-order chi connectivity index (χ1) is 11.1. The van der Waals surface area contributed by atoms with Gasteiger partial charge in [-0.1, -0.05) is 11.2 Å². The van der Waals surface area contributed by atoms with Gasteiger partial charge < -0.3 is 10.3 Å². The van der Waals surface area contributed by atoms with E-state index in [1.54, 1.807) is 0 Å². The van der Waals surface area contributed by atoms with Crippen molar-refractivity contribution in [2.75, 3.05) is 0 Å². The van der Waals surface area contributed by atoms with Gasteiger partial charge in [0.05, 0.1) is 4.88 Å². The Hall–Kier alpha value is -2.81. The smallest absolute Gasteiger partial charge is 0.269 e. The van der Waals surface area contributed by atoms with Crippen LogP contribution in [0.25, 0.3) is 10.7 Å². The molecule has 0 radical (unpaired) electrons. The molecule has 8 nitrogen and oxygen atoms in total. The molecular weight excluding hydrogens is 318 g/mol. The Morgan fingerprint density at radius 3 is 2.96 bits per heavy atom. The minimum Gasteiger partial charge on any atom is -0.364 e. The van der Waals surface area contributed by atoms with E-state index >= 15 is 0 Å². The standard InChI is InChI=1S/C14H13N5O3S/c15-13(21)9-5-6-12(20)19(17-9)7-1-4-11-16-14(18-22-11)10-3-2-8-23-10/h2-3,5-6,8H,1,4,7H2,(H2,15,21). The number of carbonyl (C=O) groups is 1. The zero-order chi connectivity index (χ0) is 16.2. The van der Waals surface area contributed by atoms with E-state index in [0.717, 1.165) is 4.88 Å². The number of thiophene rings is 1. The molecule has 0 aliphatic carbocycles. The Bertz CT molecular complexity index is 869. The van der Waals surface area contributed by atoms with E-state index in [0.29, 0.717) is 31.1 Å². The molecule has 0 fully saturated rings. The SMILES string of the molecule is NC(=O)c1ccc(=O)n(CCCc2nc(-c3cccs3)no2)n1. The highest BCUT2D eigenvalue weighted by Crippen LogP contribution is 2.21. The molecular formula is C14H13N5O3S. The first-order valence-electron chi connectivity index (χ1n) is 6.88. The van der Waals surface area contributed by atoms with Crippen LogP contribution in [-0.2, 0) is 13.0 Å². The summed E-state index contributed by atoms with van der Waals surface area (Å²) < 4.78 is 6.39. The molecule has 23 heavy (non-hydrogen) atoms. The molecule has 0 aliphatic heterocycles. The second-order valence-corrected chi connectivity index (χ2v) is 5.68. The van der Waals surface area contributed by atoms with Crippen LogP contribution in [0.3, 0.4) is 0 Å². The largest absolute Gasteiger partial charge is 0.364 e. The number of nitrogens with two attached hydrogens (primary N) is 1. The van der Waals surface area contributed by atoms with Crippen molar-refractivity contribution in [3.8, 4) is 10.7 Å². The summed E-state index contributed by atoms with van der Waals surface area (Å²) in [5.41, 5.74) is 4.92. The third-order valence-corrected chi connectivity index (χ3v) is 3.96. The number of aryl methyl sites for hydroxylation is 2. The minimum atomic E-state index is -0.670. The van der Waals surface area contributed by atoms with E-state index in [1.165, 1.54) is 28.2 Å². The van der Waals surface area contributed by atoms with Crippen LogP contribution in [0.1, 0.15) is 22.8 Å². The molecule has 0 unspecified atom stereocenters. The molecule has 0 bridgehead atoms. The van der Waals surface area contributed by atoms with Crippen LogP contribution in [0.5, 0.6) is 0 Å². The average molecular weight is 331 g/mol. The zero-order valence-corrected chi connectivity index (χ0v) is 12.8. The normalized spacial score (nSPS) is 10.8. The highest BCUT2D eigenvalue weighted by atomic mass is 32.1. The lowest BCUT2D eigenvalue weighted by Gasteiger charge is -2.03. The van der Waals surface area contributed by atoms with Crippen LogP contribution in [0, 0.1) is 0 Å². The fraction of sp³-hybridized carbons (Fsp3) is 0.214. The molecule has 0 aromatic carbocycles. The lowest BCUT2D eigenvalue weighted by Crippen LogP contribution is -2.26. The van der Waals surface area contributed by atoms with Crippen molar-refractivity contribution in [2.45, 2.75) is 19.4 Å². The second-order valence-electron chi connectivity index (χ2n) is 4.74. The van der Waals surface area contributed by atoms with Crippen LogP contribution in [0.4, 0.5) is 0 Å². The van der Waals surface area contributed by atoms with Crippen molar-refractivity contribution in [1.82, 2.24) is 19.9 Å². The first-order valence-corrected chi connectivity index (χ1v) is 7.76. The predicted octanol–water partition coefficient (Wildman–Crippen LogP) is 1.09. The Labute approximate surface area is 134 Å². The molecule has 0 spiro atoms. The highest BCUT2D eigenvalue weighted by molar-refractivity contribution is 7.13. The fourth-order valence-electron chi connectivity index (χ4n) is 1.98. The summed E-state index contributed by atoms with van der Waals surface area (Å²) in [6, 6.07) is 6.42. The third-order valence-electron chi connectivity index (χ3n) is 3.09. The van der Waals surface area contributed by atoms with E-state index in [4.69, 9.17) is 10.3 Å². The van der Waals surface area contributed by atoms with Gasteiger partial charge in [0.15, 0.2) is 0 Å². The third kappa shape index (κ3) is 3.51. The summed E-state index contributed by atoms with van der Waals surface area (Å²) in [7, 11) is 0. The summed E-state index contributed by atoms with van der Waals surface area (Å²) in [5, 5.41) is 9.77. The molecule has 1 amide bonds. The maximum atomic E-state index is 11.7. The molecule has 3 aromatic heterocycles. The molecule has 9 heteroatoms. The molecule has 3 rings (SSSR count). The van der Waals surface area contributed by atoms with Gasteiger partial charge in [-0.05, 0) is 23.9 Å². The van der Waals surface area contributed by atoms with E-state index in [2.05, 4.69) is 15.2 Å². The highest BCUT2D eigenvalue weighted by Gasteiger charge is 2.10. The van der Waals surface area contributed by atoms with E-state index in [1.807, 2.05) is 17.5 Å². The zero-order valence-electron chi connectivity index (χ0n) is 12.0. The van der Waals surface area contributed by atoms with E-state index in [-0.39, 0.29) is 11.3 Å². The van der Waals surface area contributed by atoms with Crippen molar-refractivity contribution in [3.05, 3.63) is 51.6 Å². The topological polar surface area (TPSA) is 117 Å². The van der Waals surface area contributed by atoms with Crippen LogP contribution >= 0.6 is 11.3 Å². The molecule has 0 atom stereocenters. The Morgan fingerprint density at radius 2 is 2.22 bits per heavy atom. The van der Waals surface area contributed by atoms with E-state index in [9.17, 15) is 9.59 Å². The Balaban J connectivity index is 1.63. The fourth-order valence-corrected chi connectivity index (χ4v) is 2.63.